The van der Waals surface area contributed by atoms with Gasteiger partial charge in [0, 0.05) is 17.0 Å². The van der Waals surface area contributed by atoms with Gasteiger partial charge in [-0.3, -0.25) is 4.98 Å². The standard InChI is InChI=1S/C11H13F2N/c1-7-6-9(11(12)13)8-4-2-3-5-10(8)14-7/h6,11H,2-5H2,1H3. The number of aryl methyl sites for hydroxylation is 2. The van der Waals surface area contributed by atoms with Crippen molar-refractivity contribution >= 4 is 0 Å². The number of pyridine rings is 1. The van der Waals surface area contributed by atoms with Crippen molar-refractivity contribution in [2.75, 3.05) is 0 Å². The zero-order chi connectivity index (χ0) is 10.1. The first-order valence-corrected chi connectivity index (χ1v) is 4.96. The highest BCUT2D eigenvalue weighted by Gasteiger charge is 2.20. The number of hydrogen-bond acceptors (Lipinski definition) is 1. The van der Waals surface area contributed by atoms with E-state index in [4.69, 9.17) is 0 Å². The lowest BCUT2D eigenvalue weighted by molar-refractivity contribution is 0.149. The highest BCUT2D eigenvalue weighted by molar-refractivity contribution is 5.35. The van der Waals surface area contributed by atoms with Gasteiger partial charge in [0.2, 0.25) is 0 Å². The molecular formula is C11H13F2N. The van der Waals surface area contributed by atoms with Gasteiger partial charge >= 0.3 is 0 Å². The minimum Gasteiger partial charge on any atom is -0.258 e. The summed E-state index contributed by atoms with van der Waals surface area (Å²) >= 11 is 0. The molecule has 0 aromatic carbocycles. The summed E-state index contributed by atoms with van der Waals surface area (Å²) in [6.45, 7) is 1.78. The van der Waals surface area contributed by atoms with Crippen molar-refractivity contribution in [3.05, 3.63) is 28.6 Å². The molecule has 0 fully saturated rings. The van der Waals surface area contributed by atoms with Gasteiger partial charge in [-0.2, -0.15) is 0 Å². The third-order valence-corrected chi connectivity index (χ3v) is 2.70. The Morgan fingerprint density at radius 3 is 2.71 bits per heavy atom. The third kappa shape index (κ3) is 1.63. The molecular weight excluding hydrogens is 184 g/mol. The van der Waals surface area contributed by atoms with E-state index >= 15 is 0 Å². The van der Waals surface area contributed by atoms with E-state index in [9.17, 15) is 8.78 Å². The molecule has 0 amide bonds. The summed E-state index contributed by atoms with van der Waals surface area (Å²) in [6, 6.07) is 1.52. The van der Waals surface area contributed by atoms with Crippen LogP contribution in [0.5, 0.6) is 0 Å². The van der Waals surface area contributed by atoms with Crippen molar-refractivity contribution in [2.24, 2.45) is 0 Å². The summed E-state index contributed by atoms with van der Waals surface area (Å²) < 4.78 is 25.4. The molecule has 0 unspecified atom stereocenters. The summed E-state index contributed by atoms with van der Waals surface area (Å²) in [5.41, 5.74) is 2.61. The number of alkyl halides is 2. The molecule has 1 aromatic heterocycles. The quantitative estimate of drug-likeness (QED) is 0.673. The number of aromatic nitrogens is 1. The van der Waals surface area contributed by atoms with E-state index in [1.165, 1.54) is 6.07 Å². The lowest BCUT2D eigenvalue weighted by Crippen LogP contribution is -2.10. The number of nitrogens with zero attached hydrogens (tertiary/aromatic N) is 1. The Bertz CT molecular complexity index is 347. The first-order valence-electron chi connectivity index (χ1n) is 4.96. The van der Waals surface area contributed by atoms with Crippen molar-refractivity contribution in [3.63, 3.8) is 0 Å². The van der Waals surface area contributed by atoms with Crippen molar-refractivity contribution in [3.8, 4) is 0 Å². The average Bonchev–Trinajstić information content (AvgIpc) is 2.16. The number of halogens is 2. The third-order valence-electron chi connectivity index (χ3n) is 2.70. The summed E-state index contributed by atoms with van der Waals surface area (Å²) in [4.78, 5) is 4.32. The van der Waals surface area contributed by atoms with Crippen molar-refractivity contribution in [2.45, 2.75) is 39.0 Å². The molecule has 0 bridgehead atoms. The lowest BCUT2D eigenvalue weighted by atomic mass is 9.92. The maximum absolute atomic E-state index is 12.7. The van der Waals surface area contributed by atoms with E-state index in [1.807, 2.05) is 0 Å². The van der Waals surface area contributed by atoms with Crippen LogP contribution in [0.15, 0.2) is 6.07 Å². The molecule has 2 rings (SSSR count). The molecule has 0 aliphatic heterocycles. The number of fused-ring (bicyclic) bond motifs is 1. The Kier molecular flexibility index (Phi) is 2.48. The second-order valence-corrected chi connectivity index (χ2v) is 3.79. The highest BCUT2D eigenvalue weighted by atomic mass is 19.3. The first-order chi connectivity index (χ1) is 6.68. The first kappa shape index (κ1) is 9.56. The fourth-order valence-electron chi connectivity index (χ4n) is 2.08. The van der Waals surface area contributed by atoms with Gasteiger partial charge in [0.1, 0.15) is 0 Å². The molecule has 1 heterocycles. The highest BCUT2D eigenvalue weighted by Crippen LogP contribution is 2.30. The fraction of sp³-hybridized carbons (Fsp3) is 0.545. The van der Waals surface area contributed by atoms with Crippen LogP contribution >= 0.6 is 0 Å². The zero-order valence-corrected chi connectivity index (χ0v) is 8.19. The van der Waals surface area contributed by atoms with Crippen LogP contribution in [-0.2, 0) is 12.8 Å². The van der Waals surface area contributed by atoms with Crippen molar-refractivity contribution in [1.82, 2.24) is 4.98 Å². The molecule has 1 nitrogen and oxygen atoms in total. The summed E-state index contributed by atoms with van der Waals surface area (Å²) in [5, 5.41) is 0. The van der Waals surface area contributed by atoms with Crippen molar-refractivity contribution in [1.29, 1.82) is 0 Å². The molecule has 0 saturated heterocycles. The molecule has 0 N–H and O–H groups in total. The van der Waals surface area contributed by atoms with Crippen LogP contribution in [0.3, 0.4) is 0 Å². The SMILES string of the molecule is Cc1cc(C(F)F)c2c(n1)CCCC2. The minimum atomic E-state index is -2.36. The van der Waals surface area contributed by atoms with E-state index in [0.29, 0.717) is 5.69 Å². The molecule has 14 heavy (non-hydrogen) atoms. The molecule has 1 aliphatic carbocycles. The molecule has 0 radical (unpaired) electrons. The predicted molar refractivity (Wildman–Crippen MR) is 50.6 cm³/mol. The second-order valence-electron chi connectivity index (χ2n) is 3.79. The maximum Gasteiger partial charge on any atom is 0.264 e. The number of hydrogen-bond donors (Lipinski definition) is 0. The van der Waals surface area contributed by atoms with Crippen LogP contribution in [-0.4, -0.2) is 4.98 Å². The van der Waals surface area contributed by atoms with Crippen LogP contribution in [0.1, 0.15) is 41.8 Å². The zero-order valence-electron chi connectivity index (χ0n) is 8.19. The van der Waals surface area contributed by atoms with Gasteiger partial charge in [0.05, 0.1) is 0 Å². The Morgan fingerprint density at radius 2 is 2.00 bits per heavy atom. The van der Waals surface area contributed by atoms with E-state index in [2.05, 4.69) is 4.98 Å². The molecule has 0 saturated carbocycles. The Balaban J connectivity index is 2.52. The topological polar surface area (TPSA) is 12.9 Å². The normalized spacial score (nSPS) is 15.7. The van der Waals surface area contributed by atoms with Gasteiger partial charge in [0.25, 0.3) is 6.43 Å². The molecule has 0 spiro atoms. The Labute approximate surface area is 82.2 Å². The molecule has 0 atom stereocenters. The van der Waals surface area contributed by atoms with E-state index in [1.54, 1.807) is 6.92 Å². The summed E-state index contributed by atoms with van der Waals surface area (Å²) in [7, 11) is 0. The summed E-state index contributed by atoms with van der Waals surface area (Å²) in [5.74, 6) is 0. The number of rotatable bonds is 1. The molecule has 1 aliphatic rings. The van der Waals surface area contributed by atoms with Crippen molar-refractivity contribution < 1.29 is 8.78 Å². The van der Waals surface area contributed by atoms with Crippen LogP contribution in [0.4, 0.5) is 8.78 Å². The van der Waals surface area contributed by atoms with Crippen LogP contribution < -0.4 is 0 Å². The monoisotopic (exact) mass is 197 g/mol. The van der Waals surface area contributed by atoms with Gasteiger partial charge in [-0.1, -0.05) is 0 Å². The maximum atomic E-state index is 12.7. The van der Waals surface area contributed by atoms with Gasteiger partial charge < -0.3 is 0 Å². The lowest BCUT2D eigenvalue weighted by Gasteiger charge is -2.18. The molecule has 76 valence electrons. The van der Waals surface area contributed by atoms with Gasteiger partial charge in [-0.25, -0.2) is 8.78 Å². The average molecular weight is 197 g/mol. The van der Waals surface area contributed by atoms with Gasteiger partial charge in [0.15, 0.2) is 0 Å². The van der Waals surface area contributed by atoms with Crippen LogP contribution in [0, 0.1) is 6.92 Å². The molecule has 3 heteroatoms. The molecule has 1 aromatic rings. The van der Waals surface area contributed by atoms with Gasteiger partial charge in [-0.05, 0) is 44.2 Å². The van der Waals surface area contributed by atoms with Crippen LogP contribution in [0.25, 0.3) is 0 Å². The van der Waals surface area contributed by atoms with E-state index in [-0.39, 0.29) is 5.56 Å². The predicted octanol–water partition coefficient (Wildman–Crippen LogP) is 3.21. The minimum absolute atomic E-state index is 0.201. The van der Waals surface area contributed by atoms with Crippen LogP contribution in [0.2, 0.25) is 0 Å². The van der Waals surface area contributed by atoms with Gasteiger partial charge in [-0.15, -0.1) is 0 Å². The Morgan fingerprint density at radius 1 is 1.29 bits per heavy atom. The van der Waals surface area contributed by atoms with E-state index < -0.39 is 6.43 Å². The fourth-order valence-corrected chi connectivity index (χ4v) is 2.08. The smallest absolute Gasteiger partial charge is 0.258 e. The largest absolute Gasteiger partial charge is 0.264 e. The Hall–Kier alpha value is -0.990. The summed E-state index contributed by atoms with van der Waals surface area (Å²) in [6.07, 6.45) is 1.35. The second kappa shape index (κ2) is 3.64. The van der Waals surface area contributed by atoms with E-state index in [0.717, 1.165) is 36.9 Å².